The molecule has 0 saturated carbocycles. The normalized spacial score (nSPS) is 20.4. The van der Waals surface area contributed by atoms with Crippen molar-refractivity contribution in [1.82, 2.24) is 15.1 Å². The van der Waals surface area contributed by atoms with Crippen LogP contribution in [0.15, 0.2) is 23.2 Å². The lowest BCUT2D eigenvalue weighted by atomic mass is 10.1. The maximum Gasteiger partial charge on any atom is 0.251 e. The zero-order chi connectivity index (χ0) is 19.9. The Bertz CT molecular complexity index is 699. The van der Waals surface area contributed by atoms with E-state index in [4.69, 9.17) is 21.1 Å². The van der Waals surface area contributed by atoms with E-state index in [-0.39, 0.29) is 12.0 Å². The van der Waals surface area contributed by atoms with Crippen molar-refractivity contribution in [2.75, 3.05) is 53.5 Å². The van der Waals surface area contributed by atoms with Crippen LogP contribution in [0.4, 0.5) is 0 Å². The molecule has 1 N–H and O–H groups in total. The molecule has 2 fully saturated rings. The number of rotatable bonds is 5. The zero-order valence-corrected chi connectivity index (χ0v) is 17.4. The van der Waals surface area contributed by atoms with E-state index in [1.54, 1.807) is 14.2 Å². The zero-order valence-electron chi connectivity index (χ0n) is 16.6. The standard InChI is InChI=1S/C20H29ClN4O3/c1-22-20(23-8-7-15-5-6-16(27-2)14-17(15)21)25-11-9-24(10-12-25)19(26)18-4-3-13-28-18/h5-6,14,18H,3-4,7-13H2,1-2H3,(H,22,23). The Morgan fingerprint density at radius 3 is 2.68 bits per heavy atom. The van der Waals surface area contributed by atoms with Crippen molar-refractivity contribution in [3.8, 4) is 5.75 Å². The lowest BCUT2D eigenvalue weighted by Crippen LogP contribution is -2.55. The highest BCUT2D eigenvalue weighted by molar-refractivity contribution is 6.31. The molecule has 2 heterocycles. The average Bonchev–Trinajstić information content (AvgIpc) is 3.27. The van der Waals surface area contributed by atoms with Crippen LogP contribution in [0.2, 0.25) is 5.02 Å². The second-order valence-corrected chi connectivity index (χ2v) is 7.40. The molecular weight excluding hydrogens is 380 g/mol. The van der Waals surface area contributed by atoms with Crippen molar-refractivity contribution < 1.29 is 14.3 Å². The molecule has 1 amide bonds. The minimum absolute atomic E-state index is 0.134. The number of piperazine rings is 1. The van der Waals surface area contributed by atoms with Crippen molar-refractivity contribution in [3.63, 3.8) is 0 Å². The molecule has 2 aliphatic heterocycles. The molecule has 0 radical (unpaired) electrons. The molecule has 1 aromatic carbocycles. The van der Waals surface area contributed by atoms with Gasteiger partial charge in [-0.15, -0.1) is 0 Å². The Morgan fingerprint density at radius 2 is 2.07 bits per heavy atom. The molecule has 2 saturated heterocycles. The van der Waals surface area contributed by atoms with E-state index >= 15 is 0 Å². The van der Waals surface area contributed by atoms with Gasteiger partial charge in [0.1, 0.15) is 11.9 Å². The third-order valence-corrected chi connectivity index (χ3v) is 5.60. The van der Waals surface area contributed by atoms with Crippen LogP contribution >= 0.6 is 11.6 Å². The van der Waals surface area contributed by atoms with Crippen molar-refractivity contribution in [1.29, 1.82) is 0 Å². The number of halogens is 1. The summed E-state index contributed by atoms with van der Waals surface area (Å²) < 4.78 is 10.7. The summed E-state index contributed by atoms with van der Waals surface area (Å²) in [4.78, 5) is 21.0. The number of methoxy groups -OCH3 is 1. The number of nitrogens with zero attached hydrogens (tertiary/aromatic N) is 3. The lowest BCUT2D eigenvalue weighted by molar-refractivity contribution is -0.142. The van der Waals surface area contributed by atoms with E-state index < -0.39 is 0 Å². The first-order valence-corrected chi connectivity index (χ1v) is 10.2. The number of hydrogen-bond acceptors (Lipinski definition) is 4. The van der Waals surface area contributed by atoms with Crippen LogP contribution in [0.5, 0.6) is 5.75 Å². The molecule has 8 heteroatoms. The van der Waals surface area contributed by atoms with Crippen LogP contribution < -0.4 is 10.1 Å². The summed E-state index contributed by atoms with van der Waals surface area (Å²) in [5.41, 5.74) is 1.07. The van der Waals surface area contributed by atoms with Gasteiger partial charge in [-0.05, 0) is 37.0 Å². The monoisotopic (exact) mass is 408 g/mol. The molecule has 0 aliphatic carbocycles. The van der Waals surface area contributed by atoms with Gasteiger partial charge in [0.25, 0.3) is 5.91 Å². The van der Waals surface area contributed by atoms with Gasteiger partial charge < -0.3 is 24.6 Å². The van der Waals surface area contributed by atoms with Crippen molar-refractivity contribution >= 4 is 23.5 Å². The quantitative estimate of drug-likeness (QED) is 0.594. The highest BCUT2D eigenvalue weighted by Gasteiger charge is 2.30. The van der Waals surface area contributed by atoms with E-state index in [1.807, 2.05) is 23.1 Å². The van der Waals surface area contributed by atoms with Gasteiger partial charge in [0.2, 0.25) is 0 Å². The van der Waals surface area contributed by atoms with Crippen LogP contribution in [0.25, 0.3) is 0 Å². The van der Waals surface area contributed by atoms with Crippen LogP contribution in [-0.2, 0) is 16.0 Å². The van der Waals surface area contributed by atoms with Gasteiger partial charge in [-0.1, -0.05) is 17.7 Å². The lowest BCUT2D eigenvalue weighted by Gasteiger charge is -2.37. The number of ether oxygens (including phenoxy) is 2. The van der Waals surface area contributed by atoms with Crippen LogP contribution in [0.3, 0.4) is 0 Å². The van der Waals surface area contributed by atoms with Gasteiger partial charge in [-0.25, -0.2) is 0 Å². The molecule has 7 nitrogen and oxygen atoms in total. The molecule has 0 bridgehead atoms. The van der Waals surface area contributed by atoms with E-state index in [9.17, 15) is 4.79 Å². The fraction of sp³-hybridized carbons (Fsp3) is 0.600. The summed E-state index contributed by atoms with van der Waals surface area (Å²) in [6.45, 7) is 4.36. The number of carbonyl (C=O) groups is 1. The number of guanidine groups is 1. The fourth-order valence-electron chi connectivity index (χ4n) is 3.61. The summed E-state index contributed by atoms with van der Waals surface area (Å²) in [7, 11) is 3.41. The number of hydrogen-bond donors (Lipinski definition) is 1. The number of carbonyl (C=O) groups excluding carboxylic acids is 1. The molecule has 0 spiro atoms. The van der Waals surface area contributed by atoms with Gasteiger partial charge in [0.15, 0.2) is 5.96 Å². The van der Waals surface area contributed by atoms with Gasteiger partial charge in [-0.3, -0.25) is 9.79 Å². The maximum absolute atomic E-state index is 12.5. The Labute approximate surface area is 171 Å². The summed E-state index contributed by atoms with van der Waals surface area (Å²) in [6.07, 6.45) is 2.37. The predicted octanol–water partition coefficient (Wildman–Crippen LogP) is 1.79. The number of nitrogens with one attached hydrogen (secondary N) is 1. The van der Waals surface area contributed by atoms with Gasteiger partial charge in [0, 0.05) is 51.4 Å². The fourth-order valence-corrected chi connectivity index (χ4v) is 3.88. The second-order valence-electron chi connectivity index (χ2n) is 7.00. The molecule has 0 aromatic heterocycles. The molecule has 154 valence electrons. The molecule has 3 rings (SSSR count). The summed E-state index contributed by atoms with van der Waals surface area (Å²) in [5, 5.41) is 4.11. The number of benzene rings is 1. The first-order valence-electron chi connectivity index (χ1n) is 9.80. The molecule has 1 atom stereocenters. The van der Waals surface area contributed by atoms with Crippen LogP contribution in [-0.4, -0.2) is 81.3 Å². The smallest absolute Gasteiger partial charge is 0.251 e. The highest BCUT2D eigenvalue weighted by Crippen LogP contribution is 2.22. The third-order valence-electron chi connectivity index (χ3n) is 5.25. The molecule has 2 aliphatic rings. The Kier molecular flexibility index (Phi) is 7.39. The van der Waals surface area contributed by atoms with Crippen molar-refractivity contribution in [3.05, 3.63) is 28.8 Å². The van der Waals surface area contributed by atoms with Crippen LogP contribution in [0, 0.1) is 0 Å². The topological polar surface area (TPSA) is 66.4 Å². The Hall–Kier alpha value is -1.99. The third kappa shape index (κ3) is 5.08. The molecule has 1 aromatic rings. The van der Waals surface area contributed by atoms with Gasteiger partial charge in [0.05, 0.1) is 7.11 Å². The minimum atomic E-state index is -0.238. The Balaban J connectivity index is 1.45. The van der Waals surface area contributed by atoms with E-state index in [0.29, 0.717) is 24.7 Å². The summed E-state index contributed by atoms with van der Waals surface area (Å²) in [5.74, 6) is 1.75. The predicted molar refractivity (Wildman–Crippen MR) is 110 cm³/mol. The van der Waals surface area contributed by atoms with E-state index in [2.05, 4.69) is 15.2 Å². The maximum atomic E-state index is 12.5. The summed E-state index contributed by atoms with van der Waals surface area (Å²) in [6, 6.07) is 5.73. The second kappa shape index (κ2) is 9.98. The summed E-state index contributed by atoms with van der Waals surface area (Å²) >= 11 is 6.31. The molecular formula is C20H29ClN4O3. The van der Waals surface area contributed by atoms with Gasteiger partial charge >= 0.3 is 0 Å². The van der Waals surface area contributed by atoms with Crippen molar-refractivity contribution in [2.24, 2.45) is 4.99 Å². The van der Waals surface area contributed by atoms with E-state index in [0.717, 1.165) is 56.2 Å². The molecule has 28 heavy (non-hydrogen) atoms. The average molecular weight is 409 g/mol. The highest BCUT2D eigenvalue weighted by atomic mass is 35.5. The largest absolute Gasteiger partial charge is 0.497 e. The number of amides is 1. The SMILES string of the molecule is CN=C(NCCc1ccc(OC)cc1Cl)N1CCN(C(=O)C2CCCO2)CC1. The minimum Gasteiger partial charge on any atom is -0.497 e. The Morgan fingerprint density at radius 1 is 1.32 bits per heavy atom. The number of aliphatic imine (C=N–C) groups is 1. The van der Waals surface area contributed by atoms with Crippen LogP contribution in [0.1, 0.15) is 18.4 Å². The first kappa shape index (κ1) is 20.7. The van der Waals surface area contributed by atoms with E-state index in [1.165, 1.54) is 0 Å². The molecule has 1 unspecified atom stereocenters. The first-order chi connectivity index (χ1) is 13.6. The van der Waals surface area contributed by atoms with Crippen molar-refractivity contribution in [2.45, 2.75) is 25.4 Å². The van der Waals surface area contributed by atoms with Gasteiger partial charge in [-0.2, -0.15) is 0 Å².